The van der Waals surface area contributed by atoms with Crippen molar-refractivity contribution in [2.45, 2.75) is 19.1 Å². The number of rotatable bonds is 5. The number of carbonyl (C=O) groups excluding carboxylic acids is 1. The molecule has 5 rings (SSSR count). The minimum atomic E-state index is -1.08. The van der Waals surface area contributed by atoms with Gasteiger partial charge in [-0.15, -0.1) is 0 Å². The number of piperidine rings is 1. The number of aromatic carboxylic acids is 1. The molecule has 1 atom stereocenters. The van der Waals surface area contributed by atoms with E-state index < -0.39 is 12.2 Å². The van der Waals surface area contributed by atoms with E-state index >= 15 is 0 Å². The van der Waals surface area contributed by atoms with E-state index in [1.165, 1.54) is 41.4 Å². The summed E-state index contributed by atoms with van der Waals surface area (Å²) < 4.78 is 2.81. The molecule has 1 amide bonds. The molecule has 1 aliphatic heterocycles. The van der Waals surface area contributed by atoms with Gasteiger partial charge in [-0.2, -0.15) is 5.10 Å². The number of aromatic nitrogens is 4. The molecule has 0 aliphatic carbocycles. The largest absolute Gasteiger partial charge is 0.478 e. The van der Waals surface area contributed by atoms with Crippen LogP contribution in [0.5, 0.6) is 0 Å². The van der Waals surface area contributed by atoms with Crippen LogP contribution < -0.4 is 5.56 Å². The quantitative estimate of drug-likeness (QED) is 0.455. The van der Waals surface area contributed by atoms with Crippen LogP contribution in [0.25, 0.3) is 16.7 Å². The van der Waals surface area contributed by atoms with Gasteiger partial charge >= 0.3 is 5.97 Å². The molecule has 35 heavy (non-hydrogen) atoms. The second-order valence-electron chi connectivity index (χ2n) is 8.51. The first-order valence-electron chi connectivity index (χ1n) is 11.2. The van der Waals surface area contributed by atoms with Crippen LogP contribution in [0, 0.1) is 5.92 Å². The number of hydrogen-bond acceptors (Lipinski definition) is 6. The molecule has 1 saturated heterocycles. The van der Waals surface area contributed by atoms with Gasteiger partial charge in [0.25, 0.3) is 11.5 Å². The Morgan fingerprint density at radius 2 is 1.63 bits per heavy atom. The fourth-order valence-corrected chi connectivity index (χ4v) is 4.44. The molecule has 10 nitrogen and oxygen atoms in total. The van der Waals surface area contributed by atoms with Crippen molar-refractivity contribution in [2.24, 2.45) is 5.92 Å². The van der Waals surface area contributed by atoms with Crippen LogP contribution in [-0.4, -0.2) is 59.4 Å². The second-order valence-corrected chi connectivity index (χ2v) is 8.51. The third kappa shape index (κ3) is 4.19. The molecule has 3 heterocycles. The first kappa shape index (κ1) is 22.5. The number of carboxylic acid groups (broad SMARTS) is 1. The van der Waals surface area contributed by atoms with Crippen molar-refractivity contribution in [3.05, 3.63) is 88.6 Å². The molecule has 0 radical (unpaired) electrons. The molecule has 178 valence electrons. The monoisotopic (exact) mass is 473 g/mol. The van der Waals surface area contributed by atoms with E-state index in [2.05, 4.69) is 10.1 Å². The van der Waals surface area contributed by atoms with Crippen LogP contribution in [0.2, 0.25) is 0 Å². The average Bonchev–Trinajstić information content (AvgIpc) is 3.34. The Labute approximate surface area is 199 Å². The summed E-state index contributed by atoms with van der Waals surface area (Å²) in [7, 11) is 0. The van der Waals surface area contributed by atoms with Gasteiger partial charge in [0.05, 0.1) is 17.4 Å². The first-order chi connectivity index (χ1) is 16.9. The van der Waals surface area contributed by atoms with Crippen LogP contribution >= 0.6 is 0 Å². The van der Waals surface area contributed by atoms with Gasteiger partial charge in [-0.05, 0) is 49.2 Å². The molecule has 2 aromatic heterocycles. The van der Waals surface area contributed by atoms with Crippen LogP contribution in [0.15, 0.2) is 71.9 Å². The summed E-state index contributed by atoms with van der Waals surface area (Å²) in [5.41, 5.74) is 1.35. The molecule has 10 heteroatoms. The van der Waals surface area contributed by atoms with Crippen molar-refractivity contribution in [3.8, 4) is 5.69 Å². The number of fused-ring (bicyclic) bond motifs is 1. The molecule has 1 unspecified atom stereocenters. The standard InChI is InChI=1S/C25H23N5O5/c31-22(16-6-8-18(9-7-16)25(34)35)28-12-10-17(11-13-28)23(32)29-15-26-21-20(24(29)33)14-27-30(21)19-4-2-1-3-5-19/h1-9,14-15,17,23,32H,10-13H2,(H,34,35). The number of hydrogen-bond donors (Lipinski definition) is 2. The molecule has 2 N–H and O–H groups in total. The SMILES string of the molecule is O=C(O)c1ccc(C(=O)N2CCC(C(O)n3cnc4c(cnn4-c4ccccc4)c3=O)CC2)cc1. The summed E-state index contributed by atoms with van der Waals surface area (Å²) in [5, 5.41) is 24.6. The highest BCUT2D eigenvalue weighted by atomic mass is 16.4. The summed E-state index contributed by atoms with van der Waals surface area (Å²) in [4.78, 5) is 43.0. The predicted octanol–water partition coefficient (Wildman–Crippen LogP) is 2.32. The molecular formula is C25H23N5O5. The highest BCUT2D eigenvalue weighted by Crippen LogP contribution is 2.27. The number of nitrogens with zero attached hydrogens (tertiary/aromatic N) is 5. The van der Waals surface area contributed by atoms with Gasteiger partial charge in [-0.1, -0.05) is 18.2 Å². The minimum absolute atomic E-state index is 0.119. The van der Waals surface area contributed by atoms with Crippen LogP contribution in [-0.2, 0) is 0 Å². The van der Waals surface area contributed by atoms with E-state index in [9.17, 15) is 19.5 Å². The summed E-state index contributed by atoms with van der Waals surface area (Å²) in [6.07, 6.45) is 2.74. The van der Waals surface area contributed by atoms with Crippen molar-refractivity contribution >= 4 is 22.9 Å². The lowest BCUT2D eigenvalue weighted by Crippen LogP contribution is -2.41. The van der Waals surface area contributed by atoms with E-state index in [-0.39, 0.29) is 22.9 Å². The maximum Gasteiger partial charge on any atom is 0.335 e. The van der Waals surface area contributed by atoms with Crippen molar-refractivity contribution in [2.75, 3.05) is 13.1 Å². The van der Waals surface area contributed by atoms with E-state index in [1.807, 2.05) is 30.3 Å². The van der Waals surface area contributed by atoms with E-state index in [0.717, 1.165) is 5.69 Å². The van der Waals surface area contributed by atoms with E-state index in [1.54, 1.807) is 9.58 Å². The normalized spacial score (nSPS) is 15.3. The number of carbonyl (C=O) groups is 2. The van der Waals surface area contributed by atoms with Gasteiger partial charge < -0.3 is 15.1 Å². The Balaban J connectivity index is 1.29. The lowest BCUT2D eigenvalue weighted by Gasteiger charge is -2.34. The maximum absolute atomic E-state index is 13.1. The number of carboxylic acids is 1. The average molecular weight is 473 g/mol. The van der Waals surface area contributed by atoms with Crippen molar-refractivity contribution in [1.29, 1.82) is 0 Å². The number of amides is 1. The topological polar surface area (TPSA) is 131 Å². The van der Waals surface area contributed by atoms with Gasteiger partial charge in [0.1, 0.15) is 17.9 Å². The van der Waals surface area contributed by atoms with Crippen molar-refractivity contribution in [1.82, 2.24) is 24.2 Å². The Bertz CT molecular complexity index is 1440. The van der Waals surface area contributed by atoms with Gasteiger partial charge in [0, 0.05) is 24.6 Å². The zero-order valence-corrected chi connectivity index (χ0v) is 18.7. The highest BCUT2D eigenvalue weighted by molar-refractivity contribution is 5.96. The van der Waals surface area contributed by atoms with Gasteiger partial charge in [0.15, 0.2) is 5.65 Å². The van der Waals surface area contributed by atoms with Crippen LogP contribution in [0.1, 0.15) is 39.8 Å². The number of benzene rings is 2. The second kappa shape index (κ2) is 9.15. The maximum atomic E-state index is 13.1. The predicted molar refractivity (Wildman–Crippen MR) is 126 cm³/mol. The van der Waals surface area contributed by atoms with Gasteiger partial charge in [-0.25, -0.2) is 14.5 Å². The number of para-hydroxylation sites is 1. The number of aliphatic hydroxyl groups is 1. The molecule has 0 bridgehead atoms. The molecule has 0 saturated carbocycles. The molecule has 1 fully saturated rings. The summed E-state index contributed by atoms with van der Waals surface area (Å²) in [6, 6.07) is 15.2. The summed E-state index contributed by atoms with van der Waals surface area (Å²) in [6.45, 7) is 0.829. The Morgan fingerprint density at radius 1 is 0.971 bits per heavy atom. The Morgan fingerprint density at radius 3 is 2.29 bits per heavy atom. The van der Waals surface area contributed by atoms with Crippen LogP contribution in [0.4, 0.5) is 0 Å². The molecule has 1 aliphatic rings. The highest BCUT2D eigenvalue weighted by Gasteiger charge is 2.30. The molecular weight excluding hydrogens is 450 g/mol. The fraction of sp³-hybridized carbons (Fsp3) is 0.240. The smallest absolute Gasteiger partial charge is 0.335 e. The molecule has 4 aromatic rings. The Hall–Kier alpha value is -4.31. The number of likely N-dealkylation sites (tertiary alicyclic amines) is 1. The number of aliphatic hydroxyl groups excluding tert-OH is 1. The zero-order chi connectivity index (χ0) is 24.5. The summed E-state index contributed by atoms with van der Waals surface area (Å²) in [5.74, 6) is -1.47. The van der Waals surface area contributed by atoms with E-state index in [0.29, 0.717) is 42.5 Å². The van der Waals surface area contributed by atoms with Crippen molar-refractivity contribution < 1.29 is 19.8 Å². The van der Waals surface area contributed by atoms with E-state index in [4.69, 9.17) is 5.11 Å². The van der Waals surface area contributed by atoms with Gasteiger partial charge in [0.2, 0.25) is 0 Å². The van der Waals surface area contributed by atoms with Gasteiger partial charge in [-0.3, -0.25) is 14.2 Å². The van der Waals surface area contributed by atoms with Crippen LogP contribution in [0.3, 0.4) is 0 Å². The fourth-order valence-electron chi connectivity index (χ4n) is 4.44. The summed E-state index contributed by atoms with van der Waals surface area (Å²) >= 11 is 0. The Kier molecular flexibility index (Phi) is 5.87. The van der Waals surface area contributed by atoms with Crippen molar-refractivity contribution in [3.63, 3.8) is 0 Å². The third-order valence-electron chi connectivity index (χ3n) is 6.43. The minimum Gasteiger partial charge on any atom is -0.478 e. The molecule has 0 spiro atoms. The lowest BCUT2D eigenvalue weighted by atomic mass is 9.94. The molecule has 2 aromatic carbocycles. The zero-order valence-electron chi connectivity index (χ0n) is 18.7. The third-order valence-corrected chi connectivity index (χ3v) is 6.43. The first-order valence-corrected chi connectivity index (χ1v) is 11.2. The lowest BCUT2D eigenvalue weighted by molar-refractivity contribution is 0.00585.